The highest BCUT2D eigenvalue weighted by molar-refractivity contribution is 7.46. The largest absolute Gasteiger partial charge is 0.493 e. The van der Waals surface area contributed by atoms with E-state index in [2.05, 4.69) is 6.92 Å². The molecule has 6 heteroatoms. The Balaban J connectivity index is 2.53. The Bertz CT molecular complexity index is 445. The van der Waals surface area contributed by atoms with Crippen LogP contribution < -0.4 is 4.74 Å². The molecule has 1 rings (SSSR count). The number of unbranched alkanes of at least 4 members (excludes halogenated alkanes) is 2. The highest BCUT2D eigenvalue weighted by Crippen LogP contribution is 2.44. The minimum atomic E-state index is -4.50. The number of phosphoric acid groups is 1. The van der Waals surface area contributed by atoms with Gasteiger partial charge in [0.25, 0.3) is 0 Å². The van der Waals surface area contributed by atoms with Crippen molar-refractivity contribution in [2.75, 3.05) is 6.61 Å². The van der Waals surface area contributed by atoms with Crippen LogP contribution in [0.1, 0.15) is 46.0 Å². The topological polar surface area (TPSA) is 76.0 Å². The third-order valence-corrected chi connectivity index (χ3v) is 3.97. The molecule has 0 bridgehead atoms. The lowest BCUT2D eigenvalue weighted by Crippen LogP contribution is -2.30. The van der Waals surface area contributed by atoms with Crippen molar-refractivity contribution in [1.29, 1.82) is 0 Å². The van der Waals surface area contributed by atoms with Gasteiger partial charge in [0.15, 0.2) is 0 Å². The molecule has 1 atom stereocenters. The minimum Gasteiger partial charge on any atom is -0.493 e. The van der Waals surface area contributed by atoms with Crippen molar-refractivity contribution >= 4 is 7.82 Å². The van der Waals surface area contributed by atoms with Crippen molar-refractivity contribution in [3.8, 4) is 5.75 Å². The molecular weight excluding hydrogens is 291 g/mol. The summed E-state index contributed by atoms with van der Waals surface area (Å²) in [5.74, 6) is 0.740. The molecular formula is C15H25O5P. The second-order valence-electron chi connectivity index (χ2n) is 5.40. The van der Waals surface area contributed by atoms with E-state index in [1.54, 1.807) is 6.92 Å². The van der Waals surface area contributed by atoms with Gasteiger partial charge in [-0.15, -0.1) is 0 Å². The Morgan fingerprint density at radius 3 is 2.38 bits per heavy atom. The highest BCUT2D eigenvalue weighted by atomic mass is 31.2. The van der Waals surface area contributed by atoms with Gasteiger partial charge >= 0.3 is 7.82 Å². The fourth-order valence-corrected chi connectivity index (χ4v) is 2.91. The summed E-state index contributed by atoms with van der Waals surface area (Å²) in [5.41, 5.74) is -0.872. The maximum absolute atomic E-state index is 11.1. The van der Waals surface area contributed by atoms with E-state index in [1.165, 1.54) is 0 Å². The number of rotatable bonds is 10. The Morgan fingerprint density at radius 2 is 1.81 bits per heavy atom. The van der Waals surface area contributed by atoms with Crippen LogP contribution in [0.3, 0.4) is 0 Å². The Labute approximate surface area is 126 Å². The summed E-state index contributed by atoms with van der Waals surface area (Å²) in [6.07, 6.45) is 3.96. The zero-order chi connectivity index (χ0) is 15.8. The molecule has 2 N–H and O–H groups in total. The fraction of sp³-hybridized carbons (Fsp3) is 0.600. The molecule has 1 unspecified atom stereocenters. The molecule has 0 spiro atoms. The predicted octanol–water partition coefficient (Wildman–Crippen LogP) is 3.90. The molecule has 0 aliphatic rings. The molecule has 0 aliphatic carbocycles. The van der Waals surface area contributed by atoms with Crippen molar-refractivity contribution in [1.82, 2.24) is 0 Å². The van der Waals surface area contributed by atoms with Crippen molar-refractivity contribution in [3.05, 3.63) is 30.3 Å². The van der Waals surface area contributed by atoms with Crippen LogP contribution in [0, 0.1) is 0 Å². The summed E-state index contributed by atoms with van der Waals surface area (Å²) < 4.78 is 21.7. The van der Waals surface area contributed by atoms with Gasteiger partial charge in [0, 0.05) is 6.42 Å². The highest BCUT2D eigenvalue weighted by Gasteiger charge is 2.33. The van der Waals surface area contributed by atoms with Crippen LogP contribution >= 0.6 is 7.82 Å². The molecule has 0 saturated heterocycles. The van der Waals surface area contributed by atoms with Gasteiger partial charge < -0.3 is 14.5 Å². The number of hydrogen-bond acceptors (Lipinski definition) is 3. The van der Waals surface area contributed by atoms with Crippen LogP contribution in [0.25, 0.3) is 0 Å². The van der Waals surface area contributed by atoms with Crippen molar-refractivity contribution < 1.29 is 23.6 Å². The lowest BCUT2D eigenvalue weighted by Gasteiger charge is -2.29. The van der Waals surface area contributed by atoms with E-state index in [4.69, 9.17) is 19.0 Å². The Morgan fingerprint density at radius 1 is 1.14 bits per heavy atom. The van der Waals surface area contributed by atoms with Gasteiger partial charge in [0.05, 0.1) is 12.2 Å². The van der Waals surface area contributed by atoms with Crippen molar-refractivity contribution in [2.45, 2.75) is 51.6 Å². The van der Waals surface area contributed by atoms with Gasteiger partial charge in [-0.3, -0.25) is 4.52 Å². The smallest absolute Gasteiger partial charge is 0.470 e. The lowest BCUT2D eigenvalue weighted by atomic mass is 9.95. The molecule has 5 nitrogen and oxygen atoms in total. The van der Waals surface area contributed by atoms with Gasteiger partial charge in [-0.1, -0.05) is 44.4 Å². The van der Waals surface area contributed by atoms with Crippen molar-refractivity contribution in [3.63, 3.8) is 0 Å². The van der Waals surface area contributed by atoms with Crippen LogP contribution in [0.2, 0.25) is 0 Å². The van der Waals surface area contributed by atoms with Crippen molar-refractivity contribution in [2.24, 2.45) is 0 Å². The first kappa shape index (κ1) is 18.2. The average Bonchev–Trinajstić information content (AvgIpc) is 2.38. The van der Waals surface area contributed by atoms with Crippen LogP contribution in [0.4, 0.5) is 0 Å². The molecule has 0 fully saturated rings. The summed E-state index contributed by atoms with van der Waals surface area (Å²) in [6.45, 7) is 4.17. The molecule has 120 valence electrons. The number of hydrogen-bond donors (Lipinski definition) is 2. The molecule has 0 aromatic heterocycles. The summed E-state index contributed by atoms with van der Waals surface area (Å²) in [4.78, 5) is 18.1. The molecule has 0 aliphatic heterocycles. The molecule has 0 amide bonds. The van der Waals surface area contributed by atoms with E-state index in [1.807, 2.05) is 30.3 Å². The quantitative estimate of drug-likeness (QED) is 0.505. The van der Waals surface area contributed by atoms with Gasteiger partial charge in [-0.05, 0) is 25.5 Å². The van der Waals surface area contributed by atoms with E-state index in [0.29, 0.717) is 19.4 Å². The second-order valence-corrected chi connectivity index (χ2v) is 6.56. The molecule has 0 saturated carbocycles. The number of benzene rings is 1. The minimum absolute atomic E-state index is 0.354. The first-order valence-electron chi connectivity index (χ1n) is 7.29. The van der Waals surface area contributed by atoms with Crippen LogP contribution in [0.5, 0.6) is 5.75 Å². The molecule has 21 heavy (non-hydrogen) atoms. The Kier molecular flexibility index (Phi) is 7.40. The predicted molar refractivity (Wildman–Crippen MR) is 82.2 cm³/mol. The maximum atomic E-state index is 11.1. The fourth-order valence-electron chi connectivity index (χ4n) is 2.15. The number of phosphoric ester groups is 1. The first-order chi connectivity index (χ1) is 9.85. The monoisotopic (exact) mass is 316 g/mol. The van der Waals surface area contributed by atoms with E-state index < -0.39 is 13.4 Å². The third kappa shape index (κ3) is 8.22. The van der Waals surface area contributed by atoms with Gasteiger partial charge in [-0.2, -0.15) is 0 Å². The molecule has 1 aromatic rings. The van der Waals surface area contributed by atoms with Gasteiger partial charge in [0.1, 0.15) is 5.75 Å². The molecule has 0 radical (unpaired) electrons. The zero-order valence-corrected chi connectivity index (χ0v) is 13.6. The number of ether oxygens (including phenoxy) is 1. The number of para-hydroxylation sites is 1. The summed E-state index contributed by atoms with van der Waals surface area (Å²) in [7, 11) is -4.50. The standard InChI is InChI=1S/C15H25O5P/c1-3-4-8-11-15(2,20-21(16,17)18)12-13-19-14-9-6-5-7-10-14/h5-7,9-10H,3-4,8,11-13H2,1-2H3,(H2,16,17,18). The van der Waals surface area contributed by atoms with Crippen LogP contribution in [-0.2, 0) is 9.09 Å². The molecule has 1 aromatic carbocycles. The van der Waals surface area contributed by atoms with Gasteiger partial charge in [-0.25, -0.2) is 4.57 Å². The summed E-state index contributed by atoms with van der Waals surface area (Å²) in [5, 5.41) is 0. The van der Waals surface area contributed by atoms with E-state index in [0.717, 1.165) is 25.0 Å². The normalized spacial score (nSPS) is 14.7. The second kappa shape index (κ2) is 8.54. The van der Waals surface area contributed by atoms with E-state index >= 15 is 0 Å². The molecule has 0 heterocycles. The van der Waals surface area contributed by atoms with Crippen LogP contribution in [-0.4, -0.2) is 22.0 Å². The first-order valence-corrected chi connectivity index (χ1v) is 8.82. The average molecular weight is 316 g/mol. The SMILES string of the molecule is CCCCCC(C)(CCOc1ccccc1)OP(=O)(O)O. The third-order valence-electron chi connectivity index (χ3n) is 3.29. The summed E-state index contributed by atoms with van der Waals surface area (Å²) >= 11 is 0. The van der Waals surface area contributed by atoms with Crippen LogP contribution in [0.15, 0.2) is 30.3 Å². The maximum Gasteiger partial charge on any atom is 0.470 e. The zero-order valence-electron chi connectivity index (χ0n) is 12.7. The summed E-state index contributed by atoms with van der Waals surface area (Å²) in [6, 6.07) is 9.35. The Hall–Kier alpha value is -0.870. The van der Waals surface area contributed by atoms with E-state index in [9.17, 15) is 4.57 Å². The van der Waals surface area contributed by atoms with E-state index in [-0.39, 0.29) is 0 Å². The van der Waals surface area contributed by atoms with Gasteiger partial charge in [0.2, 0.25) is 0 Å². The lowest BCUT2D eigenvalue weighted by molar-refractivity contribution is 0.0222.